The molecule has 130 valence electrons. The minimum Gasteiger partial charge on any atom is -0.444 e. The molecule has 0 aliphatic carbocycles. The van der Waals surface area contributed by atoms with E-state index in [9.17, 15) is 14.8 Å². The standard InChI is InChI=1S/C16H21N3O4S/c1-16(2,3)23-15(21)17-5-4-12-9(6-17)10-7-18-8-11(13(10)24-12)19(22)14(18)20/h11,22H,4-8H2,1-3H3. The fraction of sp³-hybridized carbons (Fsp3) is 0.625. The van der Waals surface area contributed by atoms with Gasteiger partial charge in [-0.05, 0) is 38.3 Å². The maximum atomic E-state index is 12.4. The molecule has 4 rings (SSSR count). The van der Waals surface area contributed by atoms with Gasteiger partial charge in [-0.2, -0.15) is 5.06 Å². The maximum absolute atomic E-state index is 12.4. The van der Waals surface area contributed by atoms with E-state index >= 15 is 0 Å². The molecule has 8 heteroatoms. The number of rotatable bonds is 0. The molecule has 1 unspecified atom stereocenters. The van der Waals surface area contributed by atoms with Gasteiger partial charge in [0.1, 0.15) is 11.6 Å². The van der Waals surface area contributed by atoms with Crippen LogP contribution in [0.5, 0.6) is 0 Å². The van der Waals surface area contributed by atoms with Crippen molar-refractivity contribution in [1.29, 1.82) is 0 Å². The van der Waals surface area contributed by atoms with E-state index in [-0.39, 0.29) is 18.2 Å². The van der Waals surface area contributed by atoms with Gasteiger partial charge in [-0.15, -0.1) is 11.3 Å². The van der Waals surface area contributed by atoms with Crippen LogP contribution < -0.4 is 0 Å². The Balaban J connectivity index is 1.61. The van der Waals surface area contributed by atoms with Crippen LogP contribution in [0.3, 0.4) is 0 Å². The van der Waals surface area contributed by atoms with Crippen LogP contribution in [-0.4, -0.2) is 50.9 Å². The van der Waals surface area contributed by atoms with Crippen LogP contribution in [0, 0.1) is 0 Å². The molecule has 3 amide bonds. The van der Waals surface area contributed by atoms with Crippen LogP contribution in [0.15, 0.2) is 0 Å². The second-order valence-electron chi connectivity index (χ2n) is 7.52. The summed E-state index contributed by atoms with van der Waals surface area (Å²) in [5, 5.41) is 10.9. The molecular weight excluding hydrogens is 330 g/mol. The van der Waals surface area contributed by atoms with Crippen molar-refractivity contribution in [3.63, 3.8) is 0 Å². The van der Waals surface area contributed by atoms with E-state index in [1.54, 1.807) is 21.1 Å². The summed E-state index contributed by atoms with van der Waals surface area (Å²) in [6.07, 6.45) is 0.491. The van der Waals surface area contributed by atoms with Crippen LogP contribution in [0.2, 0.25) is 0 Å². The number of hydroxylamine groups is 2. The average molecular weight is 351 g/mol. The van der Waals surface area contributed by atoms with E-state index < -0.39 is 5.60 Å². The fourth-order valence-corrected chi connectivity index (χ4v) is 4.94. The molecule has 0 saturated carbocycles. The molecule has 3 aliphatic rings. The number of carbonyl (C=O) groups excluding carboxylic acids is 2. The first-order chi connectivity index (χ1) is 11.2. The Hall–Kier alpha value is -1.80. The zero-order valence-electron chi connectivity index (χ0n) is 14.0. The van der Waals surface area contributed by atoms with Crippen LogP contribution in [0.4, 0.5) is 9.59 Å². The predicted molar refractivity (Wildman–Crippen MR) is 86.8 cm³/mol. The van der Waals surface area contributed by atoms with Gasteiger partial charge in [0.05, 0.1) is 13.1 Å². The molecule has 1 fully saturated rings. The number of urea groups is 1. The van der Waals surface area contributed by atoms with Crippen molar-refractivity contribution in [2.45, 2.75) is 51.9 Å². The molecule has 3 aliphatic heterocycles. The van der Waals surface area contributed by atoms with Crippen molar-refractivity contribution < 1.29 is 19.5 Å². The van der Waals surface area contributed by atoms with E-state index in [1.165, 1.54) is 4.88 Å². The lowest BCUT2D eigenvalue weighted by atomic mass is 9.98. The topological polar surface area (TPSA) is 73.3 Å². The molecule has 1 atom stereocenters. The smallest absolute Gasteiger partial charge is 0.410 e. The molecule has 0 aromatic carbocycles. The number of amides is 3. The third-order valence-corrected chi connectivity index (χ3v) is 6.08. The monoisotopic (exact) mass is 351 g/mol. The number of nitrogens with zero attached hydrogens (tertiary/aromatic N) is 3. The molecule has 1 N–H and O–H groups in total. The van der Waals surface area contributed by atoms with Gasteiger partial charge in [0.15, 0.2) is 0 Å². The zero-order chi connectivity index (χ0) is 17.2. The summed E-state index contributed by atoms with van der Waals surface area (Å²) in [7, 11) is 0. The third kappa shape index (κ3) is 2.36. The minimum absolute atomic E-state index is 0.271. The number of hydrogen-bond acceptors (Lipinski definition) is 5. The van der Waals surface area contributed by atoms with Gasteiger partial charge < -0.3 is 14.5 Å². The summed E-state index contributed by atoms with van der Waals surface area (Å²) in [6, 6.07) is -0.608. The summed E-state index contributed by atoms with van der Waals surface area (Å²) in [6.45, 7) is 7.78. The molecule has 7 nitrogen and oxygen atoms in total. The normalized spacial score (nSPS) is 22.6. The van der Waals surface area contributed by atoms with Crippen molar-refractivity contribution in [2.24, 2.45) is 0 Å². The zero-order valence-corrected chi connectivity index (χ0v) is 14.9. The van der Waals surface area contributed by atoms with Gasteiger partial charge in [0.25, 0.3) is 0 Å². The molecular formula is C16H21N3O4S. The largest absolute Gasteiger partial charge is 0.444 e. The van der Waals surface area contributed by atoms with Crippen LogP contribution >= 0.6 is 11.3 Å². The second kappa shape index (κ2) is 5.10. The van der Waals surface area contributed by atoms with Crippen LogP contribution in [0.25, 0.3) is 0 Å². The summed E-state index contributed by atoms with van der Waals surface area (Å²) in [5.41, 5.74) is 1.72. The molecule has 2 bridgehead atoms. The Bertz CT molecular complexity index is 724. The van der Waals surface area contributed by atoms with Crippen LogP contribution in [-0.2, 0) is 24.2 Å². The number of hydrogen-bond donors (Lipinski definition) is 1. The van der Waals surface area contributed by atoms with Gasteiger partial charge in [-0.1, -0.05) is 0 Å². The van der Waals surface area contributed by atoms with E-state index in [0.717, 1.165) is 27.5 Å². The molecule has 4 heterocycles. The fourth-order valence-electron chi connectivity index (χ4n) is 3.55. The lowest BCUT2D eigenvalue weighted by Crippen LogP contribution is -2.40. The van der Waals surface area contributed by atoms with Gasteiger partial charge >= 0.3 is 12.1 Å². The number of ether oxygens (including phenoxy) is 1. The Morgan fingerprint density at radius 1 is 1.29 bits per heavy atom. The maximum Gasteiger partial charge on any atom is 0.410 e. The van der Waals surface area contributed by atoms with E-state index in [0.29, 0.717) is 26.2 Å². The second-order valence-corrected chi connectivity index (χ2v) is 8.66. The Morgan fingerprint density at radius 3 is 2.75 bits per heavy atom. The third-order valence-electron chi connectivity index (χ3n) is 4.65. The summed E-state index contributed by atoms with van der Waals surface area (Å²) >= 11 is 1.67. The predicted octanol–water partition coefficient (Wildman–Crippen LogP) is 2.72. The van der Waals surface area contributed by atoms with E-state index in [1.807, 2.05) is 20.8 Å². The molecule has 1 aromatic rings. The average Bonchev–Trinajstić information content (AvgIpc) is 2.98. The van der Waals surface area contributed by atoms with Gasteiger partial charge in [0.2, 0.25) is 0 Å². The first kappa shape index (κ1) is 15.7. The van der Waals surface area contributed by atoms with Crippen LogP contribution in [0.1, 0.15) is 47.7 Å². The first-order valence-electron chi connectivity index (χ1n) is 8.13. The summed E-state index contributed by atoms with van der Waals surface area (Å²) in [5.74, 6) is 0. The molecule has 1 aromatic heterocycles. The van der Waals surface area contributed by atoms with Gasteiger partial charge in [0, 0.05) is 22.8 Å². The quantitative estimate of drug-likeness (QED) is 0.730. The Kier molecular flexibility index (Phi) is 3.34. The highest BCUT2D eigenvalue weighted by atomic mass is 32.1. The number of carbonyl (C=O) groups is 2. The van der Waals surface area contributed by atoms with Crippen molar-refractivity contribution in [2.75, 3.05) is 13.1 Å². The minimum atomic E-state index is -0.514. The first-order valence-corrected chi connectivity index (χ1v) is 8.94. The summed E-state index contributed by atoms with van der Waals surface area (Å²) in [4.78, 5) is 30.0. The van der Waals surface area contributed by atoms with E-state index in [4.69, 9.17) is 4.74 Å². The Morgan fingerprint density at radius 2 is 2.04 bits per heavy atom. The van der Waals surface area contributed by atoms with Crippen molar-refractivity contribution in [3.8, 4) is 0 Å². The van der Waals surface area contributed by atoms with Crippen molar-refractivity contribution >= 4 is 23.5 Å². The molecule has 0 radical (unpaired) electrons. The number of thiophene rings is 1. The van der Waals surface area contributed by atoms with Gasteiger partial charge in [-0.3, -0.25) is 5.21 Å². The Labute approximate surface area is 144 Å². The highest BCUT2D eigenvalue weighted by Crippen LogP contribution is 2.45. The highest BCUT2D eigenvalue weighted by molar-refractivity contribution is 7.12. The molecule has 24 heavy (non-hydrogen) atoms. The molecule has 0 spiro atoms. The summed E-state index contributed by atoms with van der Waals surface area (Å²) < 4.78 is 5.48. The molecule has 1 saturated heterocycles. The highest BCUT2D eigenvalue weighted by Gasteiger charge is 2.45. The van der Waals surface area contributed by atoms with Gasteiger partial charge in [-0.25, -0.2) is 9.59 Å². The lowest BCUT2D eigenvalue weighted by molar-refractivity contribution is -0.0577. The number of fused-ring (bicyclic) bond motifs is 6. The van der Waals surface area contributed by atoms with Crippen molar-refractivity contribution in [3.05, 3.63) is 20.9 Å². The lowest BCUT2D eigenvalue weighted by Gasteiger charge is -2.31. The van der Waals surface area contributed by atoms with E-state index in [2.05, 4.69) is 0 Å². The van der Waals surface area contributed by atoms with Crippen molar-refractivity contribution in [1.82, 2.24) is 14.9 Å². The SMILES string of the molecule is CC(C)(C)OC(=O)N1CCc2sc3c(c2C1)CN1CC3N(O)C1=O.